The van der Waals surface area contributed by atoms with Gasteiger partial charge >= 0.3 is 137 Å². The van der Waals surface area contributed by atoms with E-state index in [4.69, 9.17) is 139 Å². The molecule has 0 spiro atoms. The first-order valence-corrected chi connectivity index (χ1v) is 2.60. The molecule has 0 aliphatic heterocycles. The quantitative estimate of drug-likeness (QED) is 0.220. The molecule has 0 unspecified atom stereocenters. The molecule has 0 saturated heterocycles. The standard InChI is InChI=1S/10CN.2Fe.2K.2NO/c10*1-2;;;;;2*1-2/q10*-1;2*+3;2*+1;2*-1. The summed E-state index contributed by atoms with van der Waals surface area (Å²) in [7, 11) is 0. The Morgan fingerprint density at radius 2 is 0.286 bits per heavy atom. The van der Waals surface area contributed by atoms with Gasteiger partial charge in [-0.05, 0) is 0 Å². The van der Waals surface area contributed by atoms with Crippen molar-refractivity contribution in [2.24, 2.45) is 0 Å². The Kier molecular flexibility index (Phi) is 33700. The third-order valence-electron chi connectivity index (χ3n) is 0. The molecule has 0 fully saturated rings. The van der Waals surface area contributed by atoms with Crippen LogP contribution < -0.4 is 103 Å². The largest absolute Gasteiger partial charge is 3.00 e. The predicted molar refractivity (Wildman–Crippen MR) is 63.1 cm³/mol. The zero-order valence-corrected chi connectivity index (χ0v) is 22.3. The molecule has 14 nitrogen and oxygen atoms in total. The Morgan fingerprint density at radius 1 is 0.286 bits per heavy atom. The van der Waals surface area contributed by atoms with Gasteiger partial charge < -0.3 is 139 Å². The molecule has 0 atom stereocenters. The van der Waals surface area contributed by atoms with Gasteiger partial charge in [0, 0.05) is 0 Å². The topological polar surface area (TPSA) is 317 Å². The molecule has 0 N–H and O–H groups in total. The number of rotatable bonds is 0. The van der Waals surface area contributed by atoms with Crippen molar-refractivity contribution in [2.75, 3.05) is 0 Å². The van der Waals surface area contributed by atoms with Crippen molar-refractivity contribution in [1.29, 1.82) is 52.6 Å². The molecule has 18 heteroatoms. The van der Waals surface area contributed by atoms with Crippen LogP contribution in [0.25, 0.3) is 11.2 Å². The maximum absolute atomic E-state index is 7.25. The maximum atomic E-state index is 7.25. The first-order valence-electron chi connectivity index (χ1n) is 2.60. The van der Waals surface area contributed by atoms with Crippen LogP contribution in [0, 0.1) is 128 Å². The molecule has 0 bridgehead atoms. The van der Waals surface area contributed by atoms with E-state index in [1.54, 1.807) is 0 Å². The fraction of sp³-hybridized carbons (Fsp3) is 0. The van der Waals surface area contributed by atoms with Gasteiger partial charge in [-0.2, -0.15) is 0 Å². The van der Waals surface area contributed by atoms with Gasteiger partial charge in [-0.25, -0.2) is 0 Å². The average Bonchev–Trinajstić information content (AvgIpc) is 2.84. The van der Waals surface area contributed by atoms with Gasteiger partial charge in [0.15, 0.2) is 0 Å². The fourth-order valence-corrected chi connectivity index (χ4v) is 0. The van der Waals surface area contributed by atoms with Crippen molar-refractivity contribution < 1.29 is 137 Å². The smallest absolute Gasteiger partial charge is 0.577 e. The SMILES string of the molecule is [C-]#N.[C-]#N.[C-]#N.[C-]#N.[C-]#N.[C-]#N.[C-]#N.[C-]#N.[C-]#N.[C-]#N.[Fe+3].[Fe+3].[K+].[K+].[N-]=O.[N-]=O. The van der Waals surface area contributed by atoms with Gasteiger partial charge in [0.2, 0.25) is 0 Å². The molecule has 0 amide bonds. The second-order valence-corrected chi connectivity index (χ2v) is 0. The minimum atomic E-state index is 0. The van der Waals surface area contributed by atoms with Crippen molar-refractivity contribution >= 4 is 0 Å². The van der Waals surface area contributed by atoms with E-state index >= 15 is 0 Å². The van der Waals surface area contributed by atoms with Crippen LogP contribution in [0.2, 0.25) is 0 Å². The Hall–Kier alpha value is -1.59. The zero-order chi connectivity index (χ0) is 24.0. The van der Waals surface area contributed by atoms with Crippen LogP contribution in [0.1, 0.15) is 0 Å². The maximum Gasteiger partial charge on any atom is 3.00 e. The van der Waals surface area contributed by atoms with Gasteiger partial charge in [-0.3, -0.25) is 0 Å². The van der Waals surface area contributed by atoms with Gasteiger partial charge in [0.25, 0.3) is 0 Å². The summed E-state index contributed by atoms with van der Waals surface area (Å²) in [6, 6.07) is 0. The van der Waals surface area contributed by atoms with Crippen LogP contribution in [-0.2, 0) is 34.1 Å². The summed E-state index contributed by atoms with van der Waals surface area (Å²) in [4.78, 5) is 14.5. The van der Waals surface area contributed by atoms with E-state index in [0.29, 0.717) is 0 Å². The first-order chi connectivity index (χ1) is 12.0. The van der Waals surface area contributed by atoms with Crippen LogP contribution in [0.15, 0.2) is 0 Å². The van der Waals surface area contributed by atoms with E-state index in [2.05, 4.69) is 0 Å². The summed E-state index contributed by atoms with van der Waals surface area (Å²) >= 11 is 0. The molecule has 0 aliphatic carbocycles. The van der Waals surface area contributed by atoms with E-state index in [0.717, 1.165) is 0 Å². The summed E-state index contributed by atoms with van der Waals surface area (Å²) in [5, 5.41) is 62.5. The minimum Gasteiger partial charge on any atom is -0.577 e. The van der Waals surface area contributed by atoms with Crippen LogP contribution in [0.4, 0.5) is 0 Å². The molecule has 0 aromatic heterocycles. The fourth-order valence-electron chi connectivity index (χ4n) is 0. The number of nitroso groups, excluding NO2 is 2. The molecule has 0 aromatic carbocycles. The molecule has 28 heavy (non-hydrogen) atoms. The predicted octanol–water partition coefficient (Wildman–Crippen LogP) is -4.39. The van der Waals surface area contributed by atoms with Crippen LogP contribution >= 0.6 is 0 Å². The summed E-state index contributed by atoms with van der Waals surface area (Å²) in [5.41, 5.74) is 11.5. The molecule has 0 aromatic rings. The molecule has 0 heterocycles. The summed E-state index contributed by atoms with van der Waals surface area (Å²) < 4.78 is 0. The van der Waals surface area contributed by atoms with Crippen molar-refractivity contribution in [3.8, 4) is 0 Å². The van der Waals surface area contributed by atoms with Gasteiger partial charge in [-0.1, -0.05) is 0 Å². The third kappa shape index (κ3) is 5300. The Balaban J connectivity index is -0.00000000396. The van der Waals surface area contributed by atoms with E-state index < -0.39 is 0 Å². The third-order valence-corrected chi connectivity index (χ3v) is 0. The van der Waals surface area contributed by atoms with Crippen LogP contribution in [0.5, 0.6) is 0 Å². The Bertz CT molecular complexity index is 223. The second kappa shape index (κ2) is 6000. The normalized spacial score (nSPS) is 1.00. The van der Waals surface area contributed by atoms with Crippen molar-refractivity contribution in [1.82, 2.24) is 0 Å². The average molecular weight is 510 g/mol. The molecule has 134 valence electrons. The monoisotopic (exact) mass is 510 g/mol. The number of hydrogen-bond donors (Lipinski definition) is 0. The number of nitrogens with zero attached hydrogens (tertiary/aromatic N) is 12. The van der Waals surface area contributed by atoms with E-state index in [1.165, 1.54) is 0 Å². The Labute approximate surface area is 271 Å². The second-order valence-electron chi connectivity index (χ2n) is 0. The van der Waals surface area contributed by atoms with Crippen LogP contribution in [0.3, 0.4) is 0 Å². The van der Waals surface area contributed by atoms with Gasteiger partial charge in [-0.15, -0.1) is 0 Å². The van der Waals surface area contributed by atoms with E-state index in [-0.39, 0.29) is 137 Å². The molecule has 0 rings (SSSR count). The van der Waals surface area contributed by atoms with E-state index in [1.807, 2.05) is 0 Å². The molecule has 0 saturated carbocycles. The van der Waals surface area contributed by atoms with E-state index in [9.17, 15) is 0 Å². The van der Waals surface area contributed by atoms with Gasteiger partial charge in [0.05, 0.1) is 0 Å². The molecular formula is C10Fe2K2N12O2-4. The summed E-state index contributed by atoms with van der Waals surface area (Å²) in [5.74, 6) is 0. The Morgan fingerprint density at radius 3 is 0.286 bits per heavy atom. The van der Waals surface area contributed by atoms with Crippen molar-refractivity contribution in [2.45, 2.75) is 0 Å². The number of hydrogen-bond acceptors (Lipinski definition) is 12. The van der Waals surface area contributed by atoms with Gasteiger partial charge in [0.1, 0.15) is 0 Å². The van der Waals surface area contributed by atoms with Crippen molar-refractivity contribution in [3.63, 3.8) is 0 Å². The summed E-state index contributed by atoms with van der Waals surface area (Å²) in [6.07, 6.45) is 0. The molecular weight excluding hydrogens is 510 g/mol. The summed E-state index contributed by atoms with van der Waals surface area (Å²) in [6.45, 7) is 47.5. The molecule has 0 aliphatic rings. The first kappa shape index (κ1) is 157. The zero-order valence-electron chi connectivity index (χ0n) is 13.9. The molecule has 2 radical (unpaired) electrons. The van der Waals surface area contributed by atoms with Crippen molar-refractivity contribution in [3.05, 3.63) is 86.7 Å². The minimum absolute atomic E-state index is 0. The van der Waals surface area contributed by atoms with Crippen LogP contribution in [-0.4, -0.2) is 0 Å².